The van der Waals surface area contributed by atoms with Crippen LogP contribution in [0.3, 0.4) is 0 Å². The highest BCUT2D eigenvalue weighted by atomic mass is 16.2. The van der Waals surface area contributed by atoms with Crippen molar-refractivity contribution in [2.75, 3.05) is 18.4 Å². The van der Waals surface area contributed by atoms with E-state index in [-0.39, 0.29) is 11.4 Å². The fourth-order valence-electron chi connectivity index (χ4n) is 4.91. The Bertz CT molecular complexity index is 970. The van der Waals surface area contributed by atoms with E-state index >= 15 is 0 Å². The highest BCUT2D eigenvalue weighted by Crippen LogP contribution is 2.32. The Hall–Kier alpha value is -2.67. The van der Waals surface area contributed by atoms with Crippen LogP contribution in [-0.2, 0) is 13.6 Å². The second kappa shape index (κ2) is 7.54. The number of aliphatic imine (C=N–C) groups is 1. The Balaban J connectivity index is 1.45. The minimum Gasteiger partial charge on any atom is -0.342 e. The first kappa shape index (κ1) is 19.3. The number of aryl methyl sites for hydroxylation is 2. The van der Waals surface area contributed by atoms with Gasteiger partial charge in [-0.25, -0.2) is 0 Å². The van der Waals surface area contributed by atoms with Crippen LogP contribution in [0.15, 0.2) is 35.3 Å². The van der Waals surface area contributed by atoms with E-state index < -0.39 is 0 Å². The van der Waals surface area contributed by atoms with E-state index in [4.69, 9.17) is 4.99 Å². The summed E-state index contributed by atoms with van der Waals surface area (Å²) in [6, 6.07) is 10.6. The maximum absolute atomic E-state index is 13.2. The molecule has 30 heavy (non-hydrogen) atoms. The number of hydrogen-bond acceptors (Lipinski definition) is 4. The van der Waals surface area contributed by atoms with Crippen LogP contribution in [0.25, 0.3) is 0 Å². The minimum absolute atomic E-state index is 0.000600. The van der Waals surface area contributed by atoms with Crippen LogP contribution in [0.2, 0.25) is 0 Å². The normalized spacial score (nSPS) is 25.5. The Morgan fingerprint density at radius 3 is 2.83 bits per heavy atom. The summed E-state index contributed by atoms with van der Waals surface area (Å²) >= 11 is 0. The van der Waals surface area contributed by atoms with Crippen molar-refractivity contribution in [3.8, 4) is 0 Å². The molecule has 1 saturated carbocycles. The number of hydrogen-bond donors (Lipinski definition) is 2. The van der Waals surface area contributed by atoms with Crippen molar-refractivity contribution < 1.29 is 4.79 Å². The van der Waals surface area contributed by atoms with E-state index in [9.17, 15) is 4.79 Å². The van der Waals surface area contributed by atoms with Crippen LogP contribution >= 0.6 is 0 Å². The molecule has 1 saturated heterocycles. The maximum atomic E-state index is 13.2. The lowest BCUT2D eigenvalue weighted by atomic mass is 9.96. The molecule has 1 amide bonds. The number of likely N-dealkylation sites (tertiary alicyclic amines) is 1. The van der Waals surface area contributed by atoms with Gasteiger partial charge in [-0.2, -0.15) is 5.10 Å². The van der Waals surface area contributed by atoms with Crippen molar-refractivity contribution in [1.82, 2.24) is 20.0 Å². The second-order valence-electron chi connectivity index (χ2n) is 8.91. The van der Waals surface area contributed by atoms with Crippen molar-refractivity contribution in [2.45, 2.75) is 57.2 Å². The Kier molecular flexibility index (Phi) is 4.85. The fraction of sp³-hybridized carbons (Fsp3) is 0.522. The second-order valence-corrected chi connectivity index (χ2v) is 8.91. The van der Waals surface area contributed by atoms with Crippen molar-refractivity contribution in [1.29, 1.82) is 0 Å². The first-order valence-corrected chi connectivity index (χ1v) is 11.0. The molecular weight excluding hydrogens is 376 g/mol. The molecule has 1 aromatic carbocycles. The third-order valence-electron chi connectivity index (χ3n) is 6.87. The first-order valence-electron chi connectivity index (χ1n) is 11.0. The molecule has 158 valence electrons. The summed E-state index contributed by atoms with van der Waals surface area (Å²) < 4.78 is 1.76. The van der Waals surface area contributed by atoms with E-state index in [0.29, 0.717) is 24.8 Å². The molecule has 7 heteroatoms. The summed E-state index contributed by atoms with van der Waals surface area (Å²) in [5, 5.41) is 11.8. The van der Waals surface area contributed by atoms with Gasteiger partial charge < -0.3 is 10.2 Å². The number of aromatic nitrogens is 2. The molecule has 2 aliphatic heterocycles. The number of anilines is 1. The summed E-state index contributed by atoms with van der Waals surface area (Å²) in [6.07, 6.45) is 5.65. The number of para-hydroxylation sites is 1. The summed E-state index contributed by atoms with van der Waals surface area (Å²) in [4.78, 5) is 20.3. The molecule has 2 fully saturated rings. The molecule has 1 spiro atoms. The van der Waals surface area contributed by atoms with E-state index in [0.717, 1.165) is 43.0 Å². The Morgan fingerprint density at radius 1 is 1.27 bits per heavy atom. The van der Waals surface area contributed by atoms with Gasteiger partial charge in [0.15, 0.2) is 5.69 Å². The number of fused-ring (bicyclic) bond motifs is 1. The molecule has 2 N–H and O–H groups in total. The molecule has 2 aromatic rings. The number of nitrogens with one attached hydrogen (secondary N) is 2. The monoisotopic (exact) mass is 406 g/mol. The lowest BCUT2D eigenvalue weighted by molar-refractivity contribution is 0.0779. The maximum Gasteiger partial charge on any atom is 0.274 e. The predicted octanol–water partition coefficient (Wildman–Crippen LogP) is 2.87. The molecular formula is C23H30N6O. The van der Waals surface area contributed by atoms with Gasteiger partial charge in [-0.1, -0.05) is 31.0 Å². The van der Waals surface area contributed by atoms with Gasteiger partial charge in [0.2, 0.25) is 0 Å². The standard InChI is InChI=1S/C23H30N6O/c1-16-13-20(27-28(16)2)21(30)29-12-11-23(15-29)22(25-18-8-4-5-9-18)26-19-10-6-3-7-17(19)14-24-23/h3,6-7,10,13,18,24H,4-5,8-9,11-12,14-15H2,1-2H3,(H,25,26). The van der Waals surface area contributed by atoms with Gasteiger partial charge in [0.25, 0.3) is 5.91 Å². The van der Waals surface area contributed by atoms with Gasteiger partial charge in [-0.05, 0) is 43.9 Å². The van der Waals surface area contributed by atoms with Gasteiger partial charge in [0.1, 0.15) is 5.84 Å². The molecule has 3 heterocycles. The lowest BCUT2D eigenvalue weighted by Crippen LogP contribution is -2.55. The predicted molar refractivity (Wildman–Crippen MR) is 118 cm³/mol. The molecule has 1 aromatic heterocycles. The zero-order valence-corrected chi connectivity index (χ0v) is 17.8. The van der Waals surface area contributed by atoms with Crippen molar-refractivity contribution >= 4 is 17.4 Å². The highest BCUT2D eigenvalue weighted by Gasteiger charge is 2.46. The summed E-state index contributed by atoms with van der Waals surface area (Å²) in [5.41, 5.74) is 3.51. The van der Waals surface area contributed by atoms with Gasteiger partial charge in [-0.15, -0.1) is 0 Å². The van der Waals surface area contributed by atoms with E-state index in [1.165, 1.54) is 18.4 Å². The number of amides is 1. The average Bonchev–Trinajstić information content (AvgIpc) is 3.46. The summed E-state index contributed by atoms with van der Waals surface area (Å²) in [5.74, 6) is 0.992. The van der Waals surface area contributed by atoms with Crippen molar-refractivity contribution in [3.63, 3.8) is 0 Å². The number of rotatable bonds is 2. The van der Waals surface area contributed by atoms with Crippen LogP contribution < -0.4 is 10.6 Å². The Labute approximate surface area is 177 Å². The van der Waals surface area contributed by atoms with Gasteiger partial charge in [0.05, 0.1) is 11.6 Å². The van der Waals surface area contributed by atoms with Crippen LogP contribution in [-0.4, -0.2) is 51.1 Å². The SMILES string of the molecule is Cc1cc(C(=O)N2CCC3(C2)NCc2ccccc2NC3=NC2CCCC2)nn1C. The number of nitrogens with zero attached hydrogens (tertiary/aromatic N) is 4. The van der Waals surface area contributed by atoms with E-state index in [1.54, 1.807) is 4.68 Å². The average molecular weight is 407 g/mol. The molecule has 0 radical (unpaired) electrons. The minimum atomic E-state index is -0.346. The smallest absolute Gasteiger partial charge is 0.274 e. The molecule has 1 aliphatic carbocycles. The Morgan fingerprint density at radius 2 is 2.07 bits per heavy atom. The number of carbonyl (C=O) groups excluding carboxylic acids is 1. The molecule has 7 nitrogen and oxygen atoms in total. The summed E-state index contributed by atoms with van der Waals surface area (Å²) in [7, 11) is 1.87. The van der Waals surface area contributed by atoms with Gasteiger partial charge in [-0.3, -0.25) is 19.8 Å². The third-order valence-corrected chi connectivity index (χ3v) is 6.87. The largest absolute Gasteiger partial charge is 0.342 e. The first-order chi connectivity index (χ1) is 14.5. The van der Waals surface area contributed by atoms with Crippen LogP contribution in [0.5, 0.6) is 0 Å². The number of carbonyl (C=O) groups is 1. The zero-order chi connectivity index (χ0) is 20.7. The fourth-order valence-corrected chi connectivity index (χ4v) is 4.91. The molecule has 1 atom stereocenters. The quantitative estimate of drug-likeness (QED) is 0.804. The van der Waals surface area contributed by atoms with E-state index in [1.807, 2.05) is 24.9 Å². The van der Waals surface area contributed by atoms with Crippen LogP contribution in [0.4, 0.5) is 5.69 Å². The van der Waals surface area contributed by atoms with Crippen LogP contribution in [0.1, 0.15) is 53.8 Å². The summed E-state index contributed by atoms with van der Waals surface area (Å²) in [6.45, 7) is 4.03. The highest BCUT2D eigenvalue weighted by molar-refractivity contribution is 6.05. The van der Waals surface area contributed by atoms with Crippen LogP contribution in [0, 0.1) is 6.92 Å². The van der Waals surface area contributed by atoms with Crippen molar-refractivity contribution in [3.05, 3.63) is 47.3 Å². The topological polar surface area (TPSA) is 74.6 Å². The molecule has 5 rings (SSSR count). The zero-order valence-electron chi connectivity index (χ0n) is 17.8. The van der Waals surface area contributed by atoms with E-state index in [2.05, 4.69) is 40.0 Å². The number of benzene rings is 1. The van der Waals surface area contributed by atoms with Gasteiger partial charge in [0, 0.05) is 38.1 Å². The van der Waals surface area contributed by atoms with Gasteiger partial charge >= 0.3 is 0 Å². The molecule has 3 aliphatic rings. The van der Waals surface area contributed by atoms with Crippen molar-refractivity contribution in [2.24, 2.45) is 12.0 Å². The molecule has 0 bridgehead atoms. The number of amidine groups is 1. The third kappa shape index (κ3) is 3.41. The lowest BCUT2D eigenvalue weighted by Gasteiger charge is -2.31. The molecule has 1 unspecified atom stereocenters.